The number of amides is 1. The minimum Gasteiger partial charge on any atom is -0.465 e. The number of rotatable bonds is 3. The molecule has 1 aliphatic carbocycles. The molecule has 1 N–H and O–H groups in total. The number of aryl methyl sites for hydroxylation is 3. The summed E-state index contributed by atoms with van der Waals surface area (Å²) in [5.41, 5.74) is 3.47. The first kappa shape index (κ1) is 17.8. The molecular formula is C22H26N2O3. The van der Waals surface area contributed by atoms with Crippen molar-refractivity contribution in [2.24, 2.45) is 0 Å². The average Bonchev–Trinajstić information content (AvgIpc) is 3.00. The van der Waals surface area contributed by atoms with Gasteiger partial charge in [-0.15, -0.1) is 0 Å². The molecule has 2 aliphatic rings. The number of carbonyl (C=O) groups is 2. The predicted octanol–water partition coefficient (Wildman–Crippen LogP) is 3.81. The van der Waals surface area contributed by atoms with Gasteiger partial charge in [0.2, 0.25) is 0 Å². The van der Waals surface area contributed by atoms with Crippen molar-refractivity contribution in [2.75, 3.05) is 18.0 Å². The standard InChI is InChI=1S/C22H26N2O3/c1-14-5-3-6-17(13-14)24-11-9-16(10-12-24)23-22(26)20-15(2)27-19-8-4-7-18(25)21(19)20/h3,5-6,13,16H,4,7-12H2,1-2H3,(H,23,26). The second kappa shape index (κ2) is 7.22. The third kappa shape index (κ3) is 3.51. The molecule has 2 aromatic rings. The predicted molar refractivity (Wildman–Crippen MR) is 105 cm³/mol. The lowest BCUT2D eigenvalue weighted by Crippen LogP contribution is -2.45. The number of furan rings is 1. The maximum absolute atomic E-state index is 12.9. The lowest BCUT2D eigenvalue weighted by molar-refractivity contribution is 0.0911. The van der Waals surface area contributed by atoms with Crippen LogP contribution in [0.3, 0.4) is 0 Å². The van der Waals surface area contributed by atoms with Crippen LogP contribution in [0.5, 0.6) is 0 Å². The number of benzene rings is 1. The number of ketones is 1. The number of fused-ring (bicyclic) bond motifs is 1. The van der Waals surface area contributed by atoms with Gasteiger partial charge in [0.15, 0.2) is 5.78 Å². The van der Waals surface area contributed by atoms with Gasteiger partial charge in [0, 0.05) is 37.7 Å². The Morgan fingerprint density at radius 2 is 1.96 bits per heavy atom. The largest absolute Gasteiger partial charge is 0.465 e. The fraction of sp³-hybridized carbons (Fsp3) is 0.455. The van der Waals surface area contributed by atoms with Crippen molar-refractivity contribution in [1.82, 2.24) is 5.32 Å². The molecule has 0 saturated carbocycles. The van der Waals surface area contributed by atoms with Gasteiger partial charge in [0.25, 0.3) is 5.91 Å². The van der Waals surface area contributed by atoms with Gasteiger partial charge in [-0.25, -0.2) is 0 Å². The van der Waals surface area contributed by atoms with Gasteiger partial charge >= 0.3 is 0 Å². The number of nitrogens with one attached hydrogen (secondary N) is 1. The van der Waals surface area contributed by atoms with Crippen molar-refractivity contribution >= 4 is 17.4 Å². The number of Topliss-reactive ketones (excluding diaryl/α,β-unsaturated/α-hetero) is 1. The maximum Gasteiger partial charge on any atom is 0.255 e. The molecule has 27 heavy (non-hydrogen) atoms. The van der Waals surface area contributed by atoms with Crippen molar-refractivity contribution in [3.8, 4) is 0 Å². The number of carbonyl (C=O) groups excluding carboxylic acids is 2. The molecule has 1 aliphatic heterocycles. The summed E-state index contributed by atoms with van der Waals surface area (Å²) in [7, 11) is 0. The van der Waals surface area contributed by atoms with E-state index in [2.05, 4.69) is 41.4 Å². The molecule has 0 atom stereocenters. The molecule has 2 heterocycles. The molecule has 0 spiro atoms. The van der Waals surface area contributed by atoms with E-state index in [1.54, 1.807) is 6.92 Å². The molecule has 1 aromatic carbocycles. The topological polar surface area (TPSA) is 62.6 Å². The van der Waals surface area contributed by atoms with Gasteiger partial charge in [-0.2, -0.15) is 0 Å². The third-order valence-electron chi connectivity index (χ3n) is 5.67. The van der Waals surface area contributed by atoms with Crippen molar-refractivity contribution < 1.29 is 14.0 Å². The lowest BCUT2D eigenvalue weighted by Gasteiger charge is -2.34. The summed E-state index contributed by atoms with van der Waals surface area (Å²) in [6.07, 6.45) is 3.84. The monoisotopic (exact) mass is 366 g/mol. The minimum absolute atomic E-state index is 0.0347. The second-order valence-corrected chi connectivity index (χ2v) is 7.68. The van der Waals surface area contributed by atoms with Gasteiger partial charge < -0.3 is 14.6 Å². The molecule has 0 bridgehead atoms. The molecule has 1 fully saturated rings. The zero-order valence-corrected chi connectivity index (χ0v) is 16.0. The van der Waals surface area contributed by atoms with Gasteiger partial charge in [0.1, 0.15) is 11.5 Å². The van der Waals surface area contributed by atoms with Crippen molar-refractivity contribution in [3.05, 3.63) is 52.5 Å². The van der Waals surface area contributed by atoms with Crippen molar-refractivity contribution in [3.63, 3.8) is 0 Å². The summed E-state index contributed by atoms with van der Waals surface area (Å²) in [4.78, 5) is 27.5. The Morgan fingerprint density at radius 1 is 1.19 bits per heavy atom. The summed E-state index contributed by atoms with van der Waals surface area (Å²) in [5.74, 6) is 1.11. The Bertz CT molecular complexity index is 876. The molecule has 0 radical (unpaired) electrons. The van der Waals surface area contributed by atoms with E-state index in [0.29, 0.717) is 29.1 Å². The van der Waals surface area contributed by atoms with Crippen LogP contribution in [0, 0.1) is 13.8 Å². The molecule has 5 nitrogen and oxygen atoms in total. The Morgan fingerprint density at radius 3 is 2.70 bits per heavy atom. The molecule has 1 saturated heterocycles. The highest BCUT2D eigenvalue weighted by Crippen LogP contribution is 2.30. The van der Waals surface area contributed by atoms with Gasteiger partial charge in [-0.3, -0.25) is 9.59 Å². The van der Waals surface area contributed by atoms with E-state index in [-0.39, 0.29) is 17.7 Å². The van der Waals surface area contributed by atoms with Crippen LogP contribution in [-0.4, -0.2) is 30.8 Å². The van der Waals surface area contributed by atoms with Crippen molar-refractivity contribution in [1.29, 1.82) is 0 Å². The van der Waals surface area contributed by atoms with Crippen LogP contribution >= 0.6 is 0 Å². The maximum atomic E-state index is 12.9. The molecule has 0 unspecified atom stereocenters. The Kier molecular flexibility index (Phi) is 4.77. The van der Waals surface area contributed by atoms with E-state index in [4.69, 9.17) is 4.42 Å². The van der Waals surface area contributed by atoms with E-state index in [1.165, 1.54) is 11.3 Å². The molecule has 1 aromatic heterocycles. The van der Waals surface area contributed by atoms with Crippen LogP contribution in [0.2, 0.25) is 0 Å². The Hall–Kier alpha value is -2.56. The van der Waals surface area contributed by atoms with Crippen LogP contribution in [-0.2, 0) is 6.42 Å². The SMILES string of the molecule is Cc1cccc(N2CCC(NC(=O)c3c(C)oc4c3C(=O)CCC4)CC2)c1. The first-order valence-electron chi connectivity index (χ1n) is 9.81. The number of piperidine rings is 1. The van der Waals surface area contributed by atoms with Crippen LogP contribution in [0.15, 0.2) is 28.7 Å². The van der Waals surface area contributed by atoms with Crippen LogP contribution in [0.25, 0.3) is 0 Å². The zero-order chi connectivity index (χ0) is 19.0. The fourth-order valence-electron chi connectivity index (χ4n) is 4.25. The first-order chi connectivity index (χ1) is 13.0. The first-order valence-corrected chi connectivity index (χ1v) is 9.81. The Balaban J connectivity index is 1.42. The number of hydrogen-bond acceptors (Lipinski definition) is 4. The molecule has 142 valence electrons. The molecular weight excluding hydrogens is 340 g/mol. The third-order valence-corrected chi connectivity index (χ3v) is 5.67. The quantitative estimate of drug-likeness (QED) is 0.897. The smallest absolute Gasteiger partial charge is 0.255 e. The zero-order valence-electron chi connectivity index (χ0n) is 16.0. The average molecular weight is 366 g/mol. The molecule has 4 rings (SSSR count). The number of hydrogen-bond donors (Lipinski definition) is 1. The van der Waals surface area contributed by atoms with Crippen LogP contribution in [0.1, 0.15) is 63.5 Å². The molecule has 1 amide bonds. The van der Waals surface area contributed by atoms with E-state index >= 15 is 0 Å². The minimum atomic E-state index is -0.165. The summed E-state index contributed by atoms with van der Waals surface area (Å²) in [6, 6.07) is 8.65. The van der Waals surface area contributed by atoms with Gasteiger partial charge in [-0.05, 0) is 50.8 Å². The van der Waals surface area contributed by atoms with E-state index in [1.807, 2.05) is 0 Å². The van der Waals surface area contributed by atoms with Gasteiger partial charge in [0.05, 0.1) is 11.1 Å². The van der Waals surface area contributed by atoms with Crippen LogP contribution < -0.4 is 10.2 Å². The van der Waals surface area contributed by atoms with Crippen molar-refractivity contribution in [2.45, 2.75) is 52.0 Å². The fourth-order valence-corrected chi connectivity index (χ4v) is 4.25. The highest BCUT2D eigenvalue weighted by molar-refractivity contribution is 6.10. The van der Waals surface area contributed by atoms with Gasteiger partial charge in [-0.1, -0.05) is 12.1 Å². The second-order valence-electron chi connectivity index (χ2n) is 7.68. The Labute approximate surface area is 159 Å². The highest BCUT2D eigenvalue weighted by Gasteiger charge is 2.31. The van der Waals surface area contributed by atoms with E-state index < -0.39 is 0 Å². The summed E-state index contributed by atoms with van der Waals surface area (Å²) < 4.78 is 5.71. The highest BCUT2D eigenvalue weighted by atomic mass is 16.3. The van der Waals surface area contributed by atoms with E-state index in [9.17, 15) is 9.59 Å². The summed E-state index contributed by atoms with van der Waals surface area (Å²) in [5, 5.41) is 3.14. The van der Waals surface area contributed by atoms with Crippen LogP contribution in [0.4, 0.5) is 5.69 Å². The normalized spacial score (nSPS) is 17.7. The number of nitrogens with zero attached hydrogens (tertiary/aromatic N) is 1. The summed E-state index contributed by atoms with van der Waals surface area (Å²) in [6.45, 7) is 5.71. The van der Waals surface area contributed by atoms with E-state index in [0.717, 1.165) is 38.8 Å². The number of anilines is 1. The summed E-state index contributed by atoms with van der Waals surface area (Å²) >= 11 is 0. The molecule has 5 heteroatoms. The lowest BCUT2D eigenvalue weighted by atomic mass is 9.93.